The lowest BCUT2D eigenvalue weighted by Gasteiger charge is -2.61. The van der Waals surface area contributed by atoms with E-state index in [0.717, 1.165) is 77.2 Å². The molecular formula is C34H59NO3. The number of hydrogen-bond acceptors (Lipinski definition) is 3. The van der Waals surface area contributed by atoms with Crippen LogP contribution in [0.5, 0.6) is 0 Å². The highest BCUT2D eigenvalue weighted by Crippen LogP contribution is 2.66. The zero-order chi connectivity index (χ0) is 27.4. The van der Waals surface area contributed by atoms with Crippen molar-refractivity contribution < 1.29 is 14.7 Å². The van der Waals surface area contributed by atoms with Gasteiger partial charge in [0.2, 0.25) is 5.91 Å². The highest BCUT2D eigenvalue weighted by molar-refractivity contribution is 5.87. The fraction of sp³-hybridized carbons (Fsp3) is 0.941. The van der Waals surface area contributed by atoms with Crippen molar-refractivity contribution in [2.75, 3.05) is 13.1 Å². The zero-order valence-corrected chi connectivity index (χ0v) is 25.4. The number of nitrogens with zero attached hydrogens (tertiary/aromatic N) is 1. The number of unbranched alkanes of at least 4 members (excludes halogenated alkanes) is 7. The Morgan fingerprint density at radius 2 is 1.58 bits per heavy atom. The van der Waals surface area contributed by atoms with Gasteiger partial charge in [-0.3, -0.25) is 9.59 Å². The molecule has 4 heteroatoms. The van der Waals surface area contributed by atoms with E-state index < -0.39 is 5.60 Å². The molecule has 0 radical (unpaired) electrons. The van der Waals surface area contributed by atoms with Crippen LogP contribution in [0.4, 0.5) is 0 Å². The first-order valence-corrected chi connectivity index (χ1v) is 16.7. The van der Waals surface area contributed by atoms with Gasteiger partial charge in [0, 0.05) is 31.3 Å². The first kappa shape index (κ1) is 30.1. The van der Waals surface area contributed by atoms with Crippen LogP contribution in [0.2, 0.25) is 0 Å². The van der Waals surface area contributed by atoms with E-state index in [9.17, 15) is 14.7 Å². The SMILES string of the molecule is CCCCCCCCC(=O)N(CCCCC)C[C@@]1(O)CC[C@@]2(C)[C@@H](CC[C@@H]3[C@@H]2CC[C@]2(C)C(=O)CC[C@@H]32)C1. The number of Topliss-reactive ketones (excluding diaryl/α,β-unsaturated/α-hetero) is 1. The van der Waals surface area contributed by atoms with Crippen molar-refractivity contribution in [2.24, 2.45) is 34.5 Å². The van der Waals surface area contributed by atoms with Crippen LogP contribution in [0, 0.1) is 34.5 Å². The Morgan fingerprint density at radius 1 is 0.868 bits per heavy atom. The molecule has 0 aromatic heterocycles. The number of fused-ring (bicyclic) bond motifs is 5. The van der Waals surface area contributed by atoms with E-state index in [1.165, 1.54) is 44.9 Å². The van der Waals surface area contributed by atoms with Crippen LogP contribution >= 0.6 is 0 Å². The topological polar surface area (TPSA) is 57.6 Å². The summed E-state index contributed by atoms with van der Waals surface area (Å²) in [5, 5.41) is 12.0. The summed E-state index contributed by atoms with van der Waals surface area (Å²) in [6.07, 6.45) is 20.5. The van der Waals surface area contributed by atoms with Crippen molar-refractivity contribution in [3.63, 3.8) is 0 Å². The molecule has 0 aromatic carbocycles. The van der Waals surface area contributed by atoms with Crippen LogP contribution in [0.25, 0.3) is 0 Å². The number of aliphatic hydroxyl groups is 1. The van der Waals surface area contributed by atoms with Gasteiger partial charge in [-0.15, -0.1) is 0 Å². The Morgan fingerprint density at radius 3 is 2.34 bits per heavy atom. The van der Waals surface area contributed by atoms with E-state index in [4.69, 9.17) is 0 Å². The number of amides is 1. The fourth-order valence-electron chi connectivity index (χ4n) is 9.65. The molecule has 0 heterocycles. The summed E-state index contributed by atoms with van der Waals surface area (Å²) in [7, 11) is 0. The largest absolute Gasteiger partial charge is 0.388 e. The molecule has 4 fully saturated rings. The Bertz CT molecular complexity index is 812. The zero-order valence-electron chi connectivity index (χ0n) is 25.4. The predicted octanol–water partition coefficient (Wildman–Crippen LogP) is 8.10. The van der Waals surface area contributed by atoms with Crippen molar-refractivity contribution >= 4 is 11.7 Å². The maximum atomic E-state index is 13.3. The maximum absolute atomic E-state index is 13.3. The van der Waals surface area contributed by atoms with Crippen LogP contribution in [0.3, 0.4) is 0 Å². The maximum Gasteiger partial charge on any atom is 0.222 e. The van der Waals surface area contributed by atoms with E-state index in [1.807, 2.05) is 4.90 Å². The predicted molar refractivity (Wildman–Crippen MR) is 156 cm³/mol. The Labute approximate surface area is 234 Å². The van der Waals surface area contributed by atoms with Gasteiger partial charge in [-0.1, -0.05) is 72.6 Å². The highest BCUT2D eigenvalue weighted by Gasteiger charge is 2.61. The van der Waals surface area contributed by atoms with Gasteiger partial charge >= 0.3 is 0 Å². The first-order chi connectivity index (χ1) is 18.2. The summed E-state index contributed by atoms with van der Waals surface area (Å²) < 4.78 is 0. The summed E-state index contributed by atoms with van der Waals surface area (Å²) in [6, 6.07) is 0. The third-order valence-electron chi connectivity index (χ3n) is 12.1. The fourth-order valence-corrected chi connectivity index (χ4v) is 9.65. The molecular weight excluding hydrogens is 470 g/mol. The molecule has 218 valence electrons. The van der Waals surface area contributed by atoms with Crippen LogP contribution in [-0.2, 0) is 9.59 Å². The third-order valence-corrected chi connectivity index (χ3v) is 12.1. The molecule has 7 atom stereocenters. The molecule has 0 bridgehead atoms. The summed E-state index contributed by atoms with van der Waals surface area (Å²) in [6.45, 7) is 10.6. The number of hydrogen-bond donors (Lipinski definition) is 1. The number of ketones is 1. The molecule has 0 aromatic rings. The standard InChI is InChI=1S/C34H59NO3/c1-5-7-9-10-11-12-14-31(37)35(23-13-8-6-2)25-34(38)22-21-32(3)26(24-34)15-16-27-28-17-18-30(36)33(28,4)20-19-29(27)32/h26-29,38H,5-25H2,1-4H3/t26-,27-,28-,29-,32-,33-,34+/m0/s1. The van der Waals surface area contributed by atoms with Crippen LogP contribution < -0.4 is 0 Å². The van der Waals surface area contributed by atoms with Crippen LogP contribution in [0.1, 0.15) is 150 Å². The minimum absolute atomic E-state index is 0.0604. The second-order valence-corrected chi connectivity index (χ2v) is 14.5. The Kier molecular flexibility index (Phi) is 10.1. The average Bonchev–Trinajstić information content (AvgIpc) is 3.20. The number of carbonyl (C=O) groups is 2. The van der Waals surface area contributed by atoms with Crippen molar-refractivity contribution in [1.29, 1.82) is 0 Å². The molecule has 0 saturated heterocycles. The van der Waals surface area contributed by atoms with Crippen molar-refractivity contribution in [3.05, 3.63) is 0 Å². The summed E-state index contributed by atoms with van der Waals surface area (Å²) in [5.41, 5.74) is -0.528. The molecule has 4 saturated carbocycles. The van der Waals surface area contributed by atoms with Gasteiger partial charge in [0.25, 0.3) is 0 Å². The van der Waals surface area contributed by atoms with Gasteiger partial charge in [0.05, 0.1) is 5.60 Å². The number of carbonyl (C=O) groups excluding carboxylic acids is 2. The molecule has 38 heavy (non-hydrogen) atoms. The van der Waals surface area contributed by atoms with Crippen molar-refractivity contribution in [1.82, 2.24) is 4.90 Å². The quantitative estimate of drug-likeness (QED) is 0.245. The van der Waals surface area contributed by atoms with E-state index in [2.05, 4.69) is 27.7 Å². The number of rotatable bonds is 13. The van der Waals surface area contributed by atoms with Gasteiger partial charge < -0.3 is 10.0 Å². The summed E-state index contributed by atoms with van der Waals surface area (Å²) in [4.78, 5) is 28.1. The molecule has 4 rings (SSSR count). The molecule has 0 spiro atoms. The van der Waals surface area contributed by atoms with Gasteiger partial charge in [-0.25, -0.2) is 0 Å². The smallest absolute Gasteiger partial charge is 0.222 e. The summed E-state index contributed by atoms with van der Waals surface area (Å²) in [5.74, 6) is 3.30. The monoisotopic (exact) mass is 529 g/mol. The van der Waals surface area contributed by atoms with E-state index in [0.29, 0.717) is 42.4 Å². The van der Waals surface area contributed by atoms with E-state index in [-0.39, 0.29) is 16.7 Å². The lowest BCUT2D eigenvalue weighted by molar-refractivity contribution is -0.161. The van der Waals surface area contributed by atoms with Crippen LogP contribution in [-0.4, -0.2) is 40.4 Å². The molecule has 0 aliphatic heterocycles. The lowest BCUT2D eigenvalue weighted by atomic mass is 9.44. The Hall–Kier alpha value is -0.900. The third kappa shape index (κ3) is 6.21. The summed E-state index contributed by atoms with van der Waals surface area (Å²) >= 11 is 0. The minimum Gasteiger partial charge on any atom is -0.388 e. The minimum atomic E-state index is -0.744. The van der Waals surface area contributed by atoms with Gasteiger partial charge in [0.15, 0.2) is 0 Å². The lowest BCUT2D eigenvalue weighted by Crippen LogP contribution is -2.58. The average molecular weight is 530 g/mol. The van der Waals surface area contributed by atoms with Gasteiger partial charge in [0.1, 0.15) is 5.78 Å². The highest BCUT2D eigenvalue weighted by atomic mass is 16.3. The molecule has 1 N–H and O–H groups in total. The molecule has 4 nitrogen and oxygen atoms in total. The van der Waals surface area contributed by atoms with Gasteiger partial charge in [-0.05, 0) is 93.3 Å². The first-order valence-electron chi connectivity index (χ1n) is 16.7. The molecule has 4 aliphatic carbocycles. The normalized spacial score (nSPS) is 38.4. The molecule has 0 unspecified atom stereocenters. The van der Waals surface area contributed by atoms with E-state index >= 15 is 0 Å². The molecule has 4 aliphatic rings. The van der Waals surface area contributed by atoms with Gasteiger partial charge in [-0.2, -0.15) is 0 Å². The Balaban J connectivity index is 1.37. The second-order valence-electron chi connectivity index (χ2n) is 14.5. The van der Waals surface area contributed by atoms with Crippen LogP contribution in [0.15, 0.2) is 0 Å². The molecule has 1 amide bonds. The van der Waals surface area contributed by atoms with E-state index in [1.54, 1.807) is 0 Å². The van der Waals surface area contributed by atoms with Crippen molar-refractivity contribution in [2.45, 2.75) is 155 Å². The van der Waals surface area contributed by atoms with Crippen molar-refractivity contribution in [3.8, 4) is 0 Å². The second kappa shape index (κ2) is 12.7.